The van der Waals surface area contributed by atoms with Gasteiger partial charge < -0.3 is 15.5 Å². The summed E-state index contributed by atoms with van der Waals surface area (Å²) in [6, 6.07) is 2.97. The lowest BCUT2D eigenvalue weighted by molar-refractivity contribution is -0.112. The molecule has 1 heterocycles. The molecule has 1 aliphatic rings. The molecule has 2 unspecified atom stereocenters. The lowest BCUT2D eigenvalue weighted by atomic mass is 10.0. The van der Waals surface area contributed by atoms with Gasteiger partial charge >= 0.3 is 0 Å². The van der Waals surface area contributed by atoms with Gasteiger partial charge in [-0.25, -0.2) is 13.2 Å². The number of benzene rings is 1. The largest absolute Gasteiger partial charge is 0.367 e. The number of likely N-dealkylation sites (N-methyl/N-ethyl adjacent to an activating group) is 1. The van der Waals surface area contributed by atoms with E-state index in [0.29, 0.717) is 24.4 Å². The Morgan fingerprint density at radius 3 is 2.41 bits per heavy atom. The number of allylic oxidation sites excluding steroid dienone is 2. The molecule has 1 aliphatic heterocycles. The number of nitrogens with one attached hydrogen (secondary N) is 2. The van der Waals surface area contributed by atoms with E-state index in [1.54, 1.807) is 0 Å². The van der Waals surface area contributed by atoms with Gasteiger partial charge in [-0.1, -0.05) is 6.08 Å². The Hall–Kier alpha value is -3.73. The van der Waals surface area contributed by atoms with Crippen LogP contribution in [0.3, 0.4) is 0 Å². The second-order valence-electron chi connectivity index (χ2n) is 8.61. The number of halogens is 3. The van der Waals surface area contributed by atoms with Gasteiger partial charge in [-0.3, -0.25) is 24.5 Å². The standard InChI is InChI=1S/C26H33F3N6O2/c1-7-19(25(28)29)21(12-32-15-36)26(37)33-23-8-20(18(10-30-4)11-31-5)22(27)9-24(23)35-13-16(2)34(6)17(3)14-35/h7-12,15-17,25H,4,13-14H2,1-3,5-6H3,(H,32,36)(H,33,37)/b18-10+,19-7+,21-12+,31-11?. The minimum atomic E-state index is -2.97. The zero-order valence-corrected chi connectivity index (χ0v) is 21.6. The molecule has 0 radical (unpaired) electrons. The molecule has 1 saturated heterocycles. The SMILES string of the molecule is C=N/C=C(\C=NC)c1cc(NC(=O)C(=C/NC=O)/C(=C\C)C(F)F)c(N2CC(C)N(C)C(C)C2)cc1F. The number of amides is 2. The summed E-state index contributed by atoms with van der Waals surface area (Å²) in [5.41, 5.74) is -0.0115. The van der Waals surface area contributed by atoms with Crippen LogP contribution in [-0.2, 0) is 9.59 Å². The van der Waals surface area contributed by atoms with E-state index in [9.17, 15) is 18.4 Å². The minimum absolute atomic E-state index is 0.0870. The van der Waals surface area contributed by atoms with Gasteiger partial charge in [0.25, 0.3) is 12.3 Å². The van der Waals surface area contributed by atoms with Crippen molar-refractivity contribution in [3.8, 4) is 0 Å². The van der Waals surface area contributed by atoms with Crippen LogP contribution < -0.4 is 15.5 Å². The number of rotatable bonds is 10. The Labute approximate surface area is 215 Å². The maximum absolute atomic E-state index is 15.4. The van der Waals surface area contributed by atoms with E-state index in [1.165, 1.54) is 38.5 Å². The quantitative estimate of drug-likeness (QED) is 0.213. The molecule has 2 amide bonds. The van der Waals surface area contributed by atoms with Gasteiger partial charge in [0, 0.05) is 67.5 Å². The Balaban J connectivity index is 2.68. The minimum Gasteiger partial charge on any atom is -0.367 e. The number of alkyl halides is 2. The average molecular weight is 519 g/mol. The topological polar surface area (TPSA) is 89.4 Å². The van der Waals surface area contributed by atoms with Crippen molar-refractivity contribution < 1.29 is 22.8 Å². The van der Waals surface area contributed by atoms with Crippen molar-refractivity contribution in [1.82, 2.24) is 10.2 Å². The lowest BCUT2D eigenvalue weighted by Crippen LogP contribution is -2.55. The zero-order chi connectivity index (χ0) is 27.7. The monoisotopic (exact) mass is 518 g/mol. The first-order valence-corrected chi connectivity index (χ1v) is 11.6. The molecule has 0 saturated carbocycles. The summed E-state index contributed by atoms with van der Waals surface area (Å²) in [4.78, 5) is 35.8. The molecule has 11 heteroatoms. The molecular formula is C26H33F3N6O2. The normalized spacial score (nSPS) is 19.9. The number of nitrogens with zero attached hydrogens (tertiary/aromatic N) is 4. The molecule has 2 rings (SSSR count). The van der Waals surface area contributed by atoms with Gasteiger partial charge in [0.1, 0.15) is 5.82 Å². The van der Waals surface area contributed by atoms with Gasteiger partial charge in [-0.05, 0) is 46.7 Å². The molecule has 2 atom stereocenters. The highest BCUT2D eigenvalue weighted by Crippen LogP contribution is 2.35. The first-order chi connectivity index (χ1) is 17.6. The van der Waals surface area contributed by atoms with Crippen molar-refractivity contribution in [2.75, 3.05) is 37.4 Å². The lowest BCUT2D eigenvalue weighted by Gasteiger charge is -2.44. The van der Waals surface area contributed by atoms with Crippen molar-refractivity contribution in [3.63, 3.8) is 0 Å². The van der Waals surface area contributed by atoms with E-state index in [1.807, 2.05) is 25.8 Å². The Kier molecular flexibility index (Phi) is 10.8. The fraction of sp³-hybridized carbons (Fsp3) is 0.385. The molecule has 0 aromatic heterocycles. The van der Waals surface area contributed by atoms with Gasteiger partial charge in [0.2, 0.25) is 6.41 Å². The molecule has 2 N–H and O–H groups in total. The predicted molar refractivity (Wildman–Crippen MR) is 143 cm³/mol. The van der Waals surface area contributed by atoms with Crippen molar-refractivity contribution in [2.24, 2.45) is 9.98 Å². The number of piperazine rings is 1. The molecule has 37 heavy (non-hydrogen) atoms. The van der Waals surface area contributed by atoms with Crippen LogP contribution in [-0.4, -0.2) is 75.8 Å². The van der Waals surface area contributed by atoms with Gasteiger partial charge in [-0.15, -0.1) is 0 Å². The number of hydrogen-bond donors (Lipinski definition) is 2. The number of hydrogen-bond acceptors (Lipinski definition) is 6. The third-order valence-electron chi connectivity index (χ3n) is 6.24. The Morgan fingerprint density at radius 2 is 1.89 bits per heavy atom. The maximum Gasteiger partial charge on any atom is 0.264 e. The Morgan fingerprint density at radius 1 is 1.24 bits per heavy atom. The smallest absolute Gasteiger partial charge is 0.264 e. The second-order valence-corrected chi connectivity index (χ2v) is 8.61. The van der Waals surface area contributed by atoms with E-state index in [2.05, 4.69) is 32.2 Å². The van der Waals surface area contributed by atoms with Crippen LogP contribution in [0.25, 0.3) is 5.57 Å². The van der Waals surface area contributed by atoms with Crippen LogP contribution in [0.2, 0.25) is 0 Å². The summed E-state index contributed by atoms with van der Waals surface area (Å²) in [5.74, 6) is -1.48. The van der Waals surface area contributed by atoms with Crippen LogP contribution in [0.5, 0.6) is 0 Å². The summed E-state index contributed by atoms with van der Waals surface area (Å²) in [5, 5.41) is 4.81. The van der Waals surface area contributed by atoms with Gasteiger partial charge in [-0.2, -0.15) is 0 Å². The van der Waals surface area contributed by atoms with Crippen molar-refractivity contribution in [1.29, 1.82) is 0 Å². The molecule has 1 fully saturated rings. The van der Waals surface area contributed by atoms with E-state index < -0.39 is 29.3 Å². The van der Waals surface area contributed by atoms with Crippen molar-refractivity contribution in [2.45, 2.75) is 39.3 Å². The summed E-state index contributed by atoms with van der Waals surface area (Å²) < 4.78 is 42.7. The third-order valence-corrected chi connectivity index (χ3v) is 6.24. The van der Waals surface area contributed by atoms with Crippen molar-refractivity contribution >= 4 is 42.2 Å². The summed E-state index contributed by atoms with van der Waals surface area (Å²) in [6.45, 7) is 9.93. The van der Waals surface area contributed by atoms with Crippen LogP contribution >= 0.6 is 0 Å². The Bertz CT molecular complexity index is 1120. The highest BCUT2D eigenvalue weighted by atomic mass is 19.3. The first kappa shape index (κ1) is 29.5. The number of carbonyl (C=O) groups is 2. The van der Waals surface area contributed by atoms with E-state index in [0.717, 1.165) is 12.3 Å². The molecule has 1 aromatic rings. The van der Waals surface area contributed by atoms with E-state index in [4.69, 9.17) is 0 Å². The van der Waals surface area contributed by atoms with Gasteiger partial charge in [0.05, 0.1) is 16.9 Å². The molecule has 0 spiro atoms. The fourth-order valence-corrected chi connectivity index (χ4v) is 4.14. The predicted octanol–water partition coefficient (Wildman–Crippen LogP) is 3.88. The molecule has 200 valence electrons. The molecule has 0 aliphatic carbocycles. The molecule has 8 nitrogen and oxygen atoms in total. The van der Waals surface area contributed by atoms with Crippen molar-refractivity contribution in [3.05, 3.63) is 53.1 Å². The van der Waals surface area contributed by atoms with E-state index >= 15 is 4.39 Å². The van der Waals surface area contributed by atoms with E-state index in [-0.39, 0.29) is 29.7 Å². The fourth-order valence-electron chi connectivity index (χ4n) is 4.14. The molecular weight excluding hydrogens is 485 g/mol. The molecule has 1 aromatic carbocycles. The van der Waals surface area contributed by atoms with Crippen LogP contribution in [0.15, 0.2) is 51.7 Å². The van der Waals surface area contributed by atoms with Crippen LogP contribution in [0.4, 0.5) is 24.5 Å². The maximum atomic E-state index is 15.4. The summed E-state index contributed by atoms with van der Waals surface area (Å²) in [7, 11) is 3.52. The summed E-state index contributed by atoms with van der Waals surface area (Å²) in [6.07, 6.45) is 2.02. The zero-order valence-electron chi connectivity index (χ0n) is 21.6. The third kappa shape index (κ3) is 7.16. The average Bonchev–Trinajstić information content (AvgIpc) is 2.85. The summed E-state index contributed by atoms with van der Waals surface area (Å²) >= 11 is 0. The van der Waals surface area contributed by atoms with Crippen LogP contribution in [0.1, 0.15) is 26.3 Å². The van der Waals surface area contributed by atoms with Gasteiger partial charge in [0.15, 0.2) is 0 Å². The highest BCUT2D eigenvalue weighted by molar-refractivity contribution is 6.12. The highest BCUT2D eigenvalue weighted by Gasteiger charge is 2.30. The van der Waals surface area contributed by atoms with Crippen LogP contribution in [0, 0.1) is 5.82 Å². The molecule has 0 bridgehead atoms. The first-order valence-electron chi connectivity index (χ1n) is 11.6. The number of anilines is 2. The number of aliphatic imine (C=N–C) groups is 2. The second kappa shape index (κ2) is 13.5. The number of carbonyl (C=O) groups excluding carboxylic acids is 2.